The Morgan fingerprint density at radius 2 is 2.33 bits per heavy atom. The molecule has 4 heteroatoms. The minimum absolute atomic E-state index is 0.145. The topological polar surface area (TPSA) is 38.1 Å². The van der Waals surface area contributed by atoms with Crippen LogP contribution in [0.3, 0.4) is 0 Å². The highest BCUT2D eigenvalue weighted by Crippen LogP contribution is 2.40. The van der Waals surface area contributed by atoms with Gasteiger partial charge in [0.25, 0.3) is 0 Å². The number of rotatable bonds is 5. The second-order valence-corrected chi connectivity index (χ2v) is 5.99. The van der Waals surface area contributed by atoms with Crippen LogP contribution < -0.4 is 5.32 Å². The summed E-state index contributed by atoms with van der Waals surface area (Å²) in [5.74, 6) is 1.26. The summed E-state index contributed by atoms with van der Waals surface area (Å²) < 4.78 is 5.69. The summed E-state index contributed by atoms with van der Waals surface area (Å²) in [7, 11) is 0. The maximum Gasteiger partial charge on any atom is 0.193 e. The van der Waals surface area contributed by atoms with Gasteiger partial charge in [-0.1, -0.05) is 13.0 Å². The van der Waals surface area contributed by atoms with Crippen LogP contribution in [0.25, 0.3) is 0 Å². The first-order valence-corrected chi connectivity index (χ1v) is 8.09. The van der Waals surface area contributed by atoms with Crippen molar-refractivity contribution in [1.29, 1.82) is 0 Å². The van der Waals surface area contributed by atoms with Crippen LogP contribution in [0.5, 0.6) is 0 Å². The van der Waals surface area contributed by atoms with Crippen LogP contribution in [0.1, 0.15) is 55.2 Å². The van der Waals surface area contributed by atoms with Crippen molar-refractivity contribution in [1.82, 2.24) is 10.3 Å². The molecule has 0 saturated heterocycles. The van der Waals surface area contributed by atoms with Gasteiger partial charge in [0.15, 0.2) is 5.22 Å². The number of nitrogens with zero attached hydrogens (tertiary/aromatic N) is 1. The van der Waals surface area contributed by atoms with Crippen molar-refractivity contribution in [3.63, 3.8) is 0 Å². The first-order valence-electron chi connectivity index (χ1n) is 7.72. The van der Waals surface area contributed by atoms with E-state index >= 15 is 0 Å². The summed E-state index contributed by atoms with van der Waals surface area (Å²) >= 11 is 5.97. The maximum absolute atomic E-state index is 5.97. The lowest BCUT2D eigenvalue weighted by atomic mass is 9.81. The molecular weight excluding hydrogens is 284 g/mol. The van der Waals surface area contributed by atoms with Crippen molar-refractivity contribution in [2.45, 2.75) is 44.6 Å². The SMILES string of the molecule is CCCNC(c1ccc(Cl)o1)C1CCCc2cccnc21. The Morgan fingerprint density at radius 1 is 1.43 bits per heavy atom. The van der Waals surface area contributed by atoms with Gasteiger partial charge in [-0.15, -0.1) is 0 Å². The molecule has 2 aromatic rings. The zero-order chi connectivity index (χ0) is 14.7. The summed E-state index contributed by atoms with van der Waals surface area (Å²) in [6.07, 6.45) is 6.43. The molecular formula is C17H21ClN2O. The Bertz CT molecular complexity index is 596. The Labute approximate surface area is 130 Å². The van der Waals surface area contributed by atoms with Gasteiger partial charge in [0, 0.05) is 17.8 Å². The summed E-state index contributed by atoms with van der Waals surface area (Å²) in [5.41, 5.74) is 2.58. The Balaban J connectivity index is 1.93. The first kappa shape index (κ1) is 14.6. The normalized spacial score (nSPS) is 19.2. The van der Waals surface area contributed by atoms with Crippen molar-refractivity contribution in [3.8, 4) is 0 Å². The van der Waals surface area contributed by atoms with Gasteiger partial charge >= 0.3 is 0 Å². The molecule has 0 aromatic carbocycles. The molecule has 21 heavy (non-hydrogen) atoms. The number of aromatic nitrogens is 1. The molecule has 3 nitrogen and oxygen atoms in total. The fraction of sp³-hybridized carbons (Fsp3) is 0.471. The predicted molar refractivity (Wildman–Crippen MR) is 84.7 cm³/mol. The molecule has 3 rings (SSSR count). The molecule has 1 aliphatic rings. The van der Waals surface area contributed by atoms with E-state index in [0.717, 1.165) is 31.6 Å². The van der Waals surface area contributed by atoms with Crippen LogP contribution in [-0.4, -0.2) is 11.5 Å². The Hall–Kier alpha value is -1.32. The molecule has 1 N–H and O–H groups in total. The molecule has 0 amide bonds. The third-order valence-corrected chi connectivity index (χ3v) is 4.36. The fourth-order valence-electron chi connectivity index (χ4n) is 3.21. The number of furan rings is 1. The van der Waals surface area contributed by atoms with Gasteiger partial charge in [0.2, 0.25) is 0 Å². The smallest absolute Gasteiger partial charge is 0.193 e. The van der Waals surface area contributed by atoms with Gasteiger partial charge in [0.1, 0.15) is 5.76 Å². The van der Waals surface area contributed by atoms with Crippen molar-refractivity contribution in [3.05, 3.63) is 52.7 Å². The van der Waals surface area contributed by atoms with Gasteiger partial charge in [0.05, 0.1) is 6.04 Å². The molecule has 2 atom stereocenters. The molecule has 1 aliphatic carbocycles. The molecule has 0 bridgehead atoms. The lowest BCUT2D eigenvalue weighted by Crippen LogP contribution is -2.30. The van der Waals surface area contributed by atoms with Crippen LogP contribution in [-0.2, 0) is 6.42 Å². The fourth-order valence-corrected chi connectivity index (χ4v) is 3.36. The average molecular weight is 305 g/mol. The quantitative estimate of drug-likeness (QED) is 0.884. The predicted octanol–water partition coefficient (Wildman–Crippen LogP) is 4.49. The molecule has 2 heterocycles. The van der Waals surface area contributed by atoms with E-state index in [1.165, 1.54) is 17.7 Å². The van der Waals surface area contributed by atoms with Crippen molar-refractivity contribution >= 4 is 11.6 Å². The number of hydrogen-bond donors (Lipinski definition) is 1. The summed E-state index contributed by atoms with van der Waals surface area (Å²) in [6.45, 7) is 3.13. The first-order chi connectivity index (χ1) is 10.3. The van der Waals surface area contributed by atoms with E-state index in [2.05, 4.69) is 23.3 Å². The number of fused-ring (bicyclic) bond motifs is 1. The van der Waals surface area contributed by atoms with Crippen molar-refractivity contribution < 1.29 is 4.42 Å². The van der Waals surface area contributed by atoms with Crippen LogP contribution >= 0.6 is 11.6 Å². The number of pyridine rings is 1. The molecule has 0 aliphatic heterocycles. The summed E-state index contributed by atoms with van der Waals surface area (Å²) in [5, 5.41) is 4.07. The third kappa shape index (κ3) is 3.14. The monoisotopic (exact) mass is 304 g/mol. The van der Waals surface area contributed by atoms with Crippen LogP contribution in [0.15, 0.2) is 34.9 Å². The van der Waals surface area contributed by atoms with Crippen LogP contribution in [0, 0.1) is 0 Å². The maximum atomic E-state index is 5.97. The summed E-state index contributed by atoms with van der Waals surface area (Å²) in [6, 6.07) is 8.17. The lowest BCUT2D eigenvalue weighted by Gasteiger charge is -2.31. The van der Waals surface area contributed by atoms with E-state index in [0.29, 0.717) is 11.1 Å². The van der Waals surface area contributed by atoms with E-state index < -0.39 is 0 Å². The van der Waals surface area contributed by atoms with E-state index in [1.54, 1.807) is 0 Å². The molecule has 2 unspecified atom stereocenters. The zero-order valence-corrected chi connectivity index (χ0v) is 13.1. The lowest BCUT2D eigenvalue weighted by molar-refractivity contribution is 0.337. The molecule has 2 aromatic heterocycles. The molecule has 0 fully saturated rings. The minimum Gasteiger partial charge on any atom is -0.448 e. The second-order valence-electron chi connectivity index (χ2n) is 5.62. The number of nitrogens with one attached hydrogen (secondary N) is 1. The minimum atomic E-state index is 0.145. The molecule has 0 spiro atoms. The largest absolute Gasteiger partial charge is 0.448 e. The van der Waals surface area contributed by atoms with Crippen molar-refractivity contribution in [2.24, 2.45) is 0 Å². The standard InChI is InChI=1S/C17H21ClN2O/c1-2-10-19-17(14-8-9-15(18)21-14)13-7-3-5-12-6-4-11-20-16(12)13/h4,6,8-9,11,13,17,19H,2-3,5,7,10H2,1H3. The van der Waals surface area contributed by atoms with Gasteiger partial charge in [-0.3, -0.25) is 4.98 Å². The van der Waals surface area contributed by atoms with Gasteiger partial charge in [-0.25, -0.2) is 0 Å². The Morgan fingerprint density at radius 3 is 3.10 bits per heavy atom. The number of hydrogen-bond acceptors (Lipinski definition) is 3. The van der Waals surface area contributed by atoms with Crippen LogP contribution in [0.2, 0.25) is 5.22 Å². The third-order valence-electron chi connectivity index (χ3n) is 4.16. The van der Waals surface area contributed by atoms with Gasteiger partial charge in [-0.05, 0) is 67.6 Å². The van der Waals surface area contributed by atoms with Gasteiger partial charge < -0.3 is 9.73 Å². The van der Waals surface area contributed by atoms with E-state index in [9.17, 15) is 0 Å². The highest BCUT2D eigenvalue weighted by Gasteiger charge is 2.31. The molecule has 112 valence electrons. The zero-order valence-electron chi connectivity index (χ0n) is 12.3. The second kappa shape index (κ2) is 6.63. The van der Waals surface area contributed by atoms with Crippen molar-refractivity contribution in [2.75, 3.05) is 6.54 Å². The highest BCUT2D eigenvalue weighted by atomic mass is 35.5. The van der Waals surface area contributed by atoms with Gasteiger partial charge in [-0.2, -0.15) is 0 Å². The highest BCUT2D eigenvalue weighted by molar-refractivity contribution is 6.28. The average Bonchev–Trinajstić information content (AvgIpc) is 2.94. The van der Waals surface area contributed by atoms with E-state index in [-0.39, 0.29) is 6.04 Å². The van der Waals surface area contributed by atoms with E-state index in [4.69, 9.17) is 16.0 Å². The van der Waals surface area contributed by atoms with Crippen LogP contribution in [0.4, 0.5) is 0 Å². The molecule has 0 radical (unpaired) electrons. The molecule has 0 saturated carbocycles. The Kier molecular flexibility index (Phi) is 4.61. The summed E-state index contributed by atoms with van der Waals surface area (Å²) in [4.78, 5) is 4.65. The van der Waals surface area contributed by atoms with E-state index in [1.807, 2.05) is 24.4 Å². The number of aryl methyl sites for hydroxylation is 1. The number of halogens is 1.